The topological polar surface area (TPSA) is 35.6 Å². The smallest absolute Gasteiger partial charge is 0.0973 e. The van der Waals surface area contributed by atoms with Crippen molar-refractivity contribution in [3.8, 4) is 45.0 Å². The third-order valence-corrected chi connectivity index (χ3v) is 12.7. The van der Waals surface area contributed by atoms with Crippen LogP contribution in [0.4, 0.5) is 0 Å². The molecule has 0 saturated heterocycles. The first-order valence-electron chi connectivity index (χ1n) is 21.2. The molecule has 13 rings (SSSR count). The van der Waals surface area contributed by atoms with Crippen molar-refractivity contribution in [3.63, 3.8) is 0 Å². The SMILES string of the molecule is c1ccc(-c2ccc(-c3nc4ccccc4nc3-c3ccc(-n4c5ccc(-n6c7ccccc7c7c8ccccc8ccc76)cc5c5cc6ccccc6cc54)cc3)cc2)cc1. The maximum atomic E-state index is 5.25. The van der Waals surface area contributed by atoms with E-state index in [1.807, 2.05) is 30.3 Å². The Kier molecular flexibility index (Phi) is 7.57. The zero-order valence-electron chi connectivity index (χ0n) is 33.6. The molecule has 13 aromatic rings. The summed E-state index contributed by atoms with van der Waals surface area (Å²) in [4.78, 5) is 10.5. The van der Waals surface area contributed by atoms with E-state index in [0.29, 0.717) is 0 Å². The van der Waals surface area contributed by atoms with Crippen molar-refractivity contribution in [3.05, 3.63) is 218 Å². The highest BCUT2D eigenvalue weighted by atomic mass is 15.0. The van der Waals surface area contributed by atoms with E-state index in [1.165, 1.54) is 70.8 Å². The van der Waals surface area contributed by atoms with Crippen LogP contribution in [0.3, 0.4) is 0 Å². The molecule has 0 bridgehead atoms. The molecule has 0 spiro atoms. The molecule has 62 heavy (non-hydrogen) atoms. The zero-order chi connectivity index (χ0) is 40.7. The molecule has 288 valence electrons. The van der Waals surface area contributed by atoms with E-state index in [4.69, 9.17) is 9.97 Å². The van der Waals surface area contributed by atoms with Crippen LogP contribution in [-0.4, -0.2) is 19.1 Å². The largest absolute Gasteiger partial charge is 0.309 e. The Hall–Kier alpha value is -8.34. The summed E-state index contributed by atoms with van der Waals surface area (Å²) in [5.41, 5.74) is 14.8. The van der Waals surface area contributed by atoms with Crippen LogP contribution < -0.4 is 0 Å². The van der Waals surface area contributed by atoms with E-state index in [1.54, 1.807) is 0 Å². The lowest BCUT2D eigenvalue weighted by molar-refractivity contribution is 1.17. The summed E-state index contributed by atoms with van der Waals surface area (Å²) in [5, 5.41) is 9.94. The lowest BCUT2D eigenvalue weighted by Gasteiger charge is -2.13. The zero-order valence-corrected chi connectivity index (χ0v) is 33.6. The molecule has 0 unspecified atom stereocenters. The van der Waals surface area contributed by atoms with Gasteiger partial charge in [-0.1, -0.05) is 152 Å². The quantitative estimate of drug-likeness (QED) is 0.174. The van der Waals surface area contributed by atoms with Crippen LogP contribution in [0.2, 0.25) is 0 Å². The van der Waals surface area contributed by atoms with Gasteiger partial charge in [0.25, 0.3) is 0 Å². The van der Waals surface area contributed by atoms with Gasteiger partial charge in [0, 0.05) is 44.0 Å². The van der Waals surface area contributed by atoms with E-state index in [-0.39, 0.29) is 0 Å². The van der Waals surface area contributed by atoms with Gasteiger partial charge in [-0.15, -0.1) is 0 Å². The number of nitrogens with zero attached hydrogens (tertiary/aromatic N) is 4. The molecule has 4 heteroatoms. The minimum absolute atomic E-state index is 0.861. The predicted molar refractivity (Wildman–Crippen MR) is 260 cm³/mol. The fourth-order valence-electron chi connectivity index (χ4n) is 9.75. The maximum Gasteiger partial charge on any atom is 0.0973 e. The fraction of sp³-hybridized carbons (Fsp3) is 0. The van der Waals surface area contributed by atoms with Crippen molar-refractivity contribution < 1.29 is 0 Å². The van der Waals surface area contributed by atoms with Gasteiger partial charge in [0.15, 0.2) is 0 Å². The molecule has 0 aliphatic rings. The number of hydrogen-bond acceptors (Lipinski definition) is 2. The monoisotopic (exact) mass is 788 g/mol. The van der Waals surface area contributed by atoms with Gasteiger partial charge in [0.2, 0.25) is 0 Å². The molecule has 0 aliphatic heterocycles. The third-order valence-electron chi connectivity index (χ3n) is 12.7. The summed E-state index contributed by atoms with van der Waals surface area (Å²) < 4.78 is 4.85. The molecule has 3 aromatic heterocycles. The normalized spacial score (nSPS) is 11.9. The van der Waals surface area contributed by atoms with Gasteiger partial charge >= 0.3 is 0 Å². The first-order valence-corrected chi connectivity index (χ1v) is 21.2. The number of rotatable bonds is 5. The van der Waals surface area contributed by atoms with E-state index in [2.05, 4.69) is 197 Å². The summed E-state index contributed by atoms with van der Waals surface area (Å²) >= 11 is 0. The van der Waals surface area contributed by atoms with Crippen molar-refractivity contribution in [2.45, 2.75) is 0 Å². The van der Waals surface area contributed by atoms with Crippen LogP contribution in [0, 0.1) is 0 Å². The highest BCUT2D eigenvalue weighted by Crippen LogP contribution is 2.41. The molecule has 10 aromatic carbocycles. The van der Waals surface area contributed by atoms with Gasteiger partial charge in [-0.3, -0.25) is 0 Å². The van der Waals surface area contributed by atoms with Crippen molar-refractivity contribution in [1.29, 1.82) is 0 Å². The molecule has 4 nitrogen and oxygen atoms in total. The van der Waals surface area contributed by atoms with E-state index in [9.17, 15) is 0 Å². The molecule has 0 aliphatic carbocycles. The minimum Gasteiger partial charge on any atom is -0.309 e. The Bertz CT molecular complexity index is 3900. The number of aromatic nitrogens is 4. The van der Waals surface area contributed by atoms with Gasteiger partial charge in [-0.2, -0.15) is 0 Å². The Morgan fingerprint density at radius 3 is 1.52 bits per heavy atom. The van der Waals surface area contributed by atoms with Crippen molar-refractivity contribution in [2.75, 3.05) is 0 Å². The second kappa shape index (κ2) is 13.6. The minimum atomic E-state index is 0.861. The van der Waals surface area contributed by atoms with Gasteiger partial charge in [-0.05, 0) is 99.4 Å². The second-order valence-corrected chi connectivity index (χ2v) is 16.2. The molecule has 3 heterocycles. The fourth-order valence-corrected chi connectivity index (χ4v) is 9.75. The predicted octanol–water partition coefficient (Wildman–Crippen LogP) is 15.1. The van der Waals surface area contributed by atoms with Gasteiger partial charge in [0.05, 0.1) is 44.5 Å². The highest BCUT2D eigenvalue weighted by molar-refractivity contribution is 6.22. The lowest BCUT2D eigenvalue weighted by atomic mass is 9.99. The first kappa shape index (κ1) is 34.5. The summed E-state index contributed by atoms with van der Waals surface area (Å²) in [6, 6.07) is 78.6. The highest BCUT2D eigenvalue weighted by Gasteiger charge is 2.20. The summed E-state index contributed by atoms with van der Waals surface area (Å²) in [7, 11) is 0. The molecule has 0 N–H and O–H groups in total. The van der Waals surface area contributed by atoms with E-state index < -0.39 is 0 Å². The van der Waals surface area contributed by atoms with Crippen LogP contribution in [0.15, 0.2) is 218 Å². The van der Waals surface area contributed by atoms with E-state index in [0.717, 1.165) is 50.4 Å². The Morgan fingerprint density at radius 2 is 0.774 bits per heavy atom. The molecular formula is C58H36N4. The number of fused-ring (bicyclic) bond motifs is 10. The summed E-state index contributed by atoms with van der Waals surface area (Å²) in [6.45, 7) is 0. The van der Waals surface area contributed by atoms with Crippen molar-refractivity contribution in [2.24, 2.45) is 0 Å². The molecule has 0 fully saturated rings. The Labute approximate surface area is 357 Å². The summed E-state index contributed by atoms with van der Waals surface area (Å²) in [5.74, 6) is 0. The molecule has 0 radical (unpaired) electrons. The van der Waals surface area contributed by atoms with E-state index >= 15 is 0 Å². The van der Waals surface area contributed by atoms with Crippen LogP contribution in [-0.2, 0) is 0 Å². The number of hydrogen-bond donors (Lipinski definition) is 0. The van der Waals surface area contributed by atoms with Crippen molar-refractivity contribution >= 4 is 76.2 Å². The lowest BCUT2D eigenvalue weighted by Crippen LogP contribution is -1.97. The average Bonchev–Trinajstić information content (AvgIpc) is 3.85. The molecule has 0 atom stereocenters. The molecular weight excluding hydrogens is 753 g/mol. The summed E-state index contributed by atoms with van der Waals surface area (Å²) in [6.07, 6.45) is 0. The van der Waals surface area contributed by atoms with Gasteiger partial charge in [0.1, 0.15) is 0 Å². The average molecular weight is 789 g/mol. The molecule has 0 saturated carbocycles. The Balaban J connectivity index is 0.983. The maximum absolute atomic E-state index is 5.25. The number of benzene rings is 10. The van der Waals surface area contributed by atoms with Crippen molar-refractivity contribution in [1.82, 2.24) is 19.1 Å². The molecule has 0 amide bonds. The second-order valence-electron chi connectivity index (χ2n) is 16.2. The third kappa shape index (κ3) is 5.33. The van der Waals surface area contributed by atoms with Crippen LogP contribution in [0.5, 0.6) is 0 Å². The number of para-hydroxylation sites is 3. The Morgan fingerprint density at radius 1 is 0.274 bits per heavy atom. The van der Waals surface area contributed by atoms with Crippen LogP contribution >= 0.6 is 0 Å². The van der Waals surface area contributed by atoms with Gasteiger partial charge in [-0.25, -0.2) is 9.97 Å². The first-order chi connectivity index (χ1) is 30.7. The van der Waals surface area contributed by atoms with Crippen LogP contribution in [0.25, 0.3) is 121 Å². The standard InChI is InChI=1S/C58H36N4/c1-2-12-37(13-3-1)38-22-24-40(25-23-38)57-58(60-51-20-10-9-19-50(51)59-57)41-26-29-44(30-27-41)61-53-33-31-45(36-49(53)48-34-42-15-4-5-16-43(42)35-55(48)61)62-52-21-11-8-18-47(52)56-46-17-7-6-14-39(46)28-32-54(56)62/h1-36H. The van der Waals surface area contributed by atoms with Gasteiger partial charge < -0.3 is 9.13 Å². The van der Waals surface area contributed by atoms with Crippen LogP contribution in [0.1, 0.15) is 0 Å².